The molecule has 3 aromatic rings. The van der Waals surface area contributed by atoms with Crippen LogP contribution in [0, 0.1) is 6.92 Å². The molecule has 0 radical (unpaired) electrons. The third kappa shape index (κ3) is 3.63. The number of carbonyl (C=O) groups is 1. The van der Waals surface area contributed by atoms with Gasteiger partial charge in [0.15, 0.2) is 0 Å². The minimum Gasteiger partial charge on any atom is -0.368 e. The molecule has 0 aliphatic heterocycles. The molecular formula is C19H21N5O. The molecule has 0 atom stereocenters. The number of benzene rings is 1. The average molecular weight is 335 g/mol. The summed E-state index contributed by atoms with van der Waals surface area (Å²) in [4.78, 5) is 17.2. The first-order chi connectivity index (χ1) is 12.2. The Labute approximate surface area is 146 Å². The van der Waals surface area contributed by atoms with E-state index in [0.717, 1.165) is 35.9 Å². The van der Waals surface area contributed by atoms with Gasteiger partial charge in [-0.1, -0.05) is 18.2 Å². The van der Waals surface area contributed by atoms with Crippen molar-refractivity contribution in [3.8, 4) is 0 Å². The van der Waals surface area contributed by atoms with Crippen molar-refractivity contribution in [3.05, 3.63) is 53.9 Å². The summed E-state index contributed by atoms with van der Waals surface area (Å²) in [6.07, 6.45) is 5.99. The van der Waals surface area contributed by atoms with E-state index < -0.39 is 0 Å². The number of pyridine rings is 1. The van der Waals surface area contributed by atoms with E-state index in [0.29, 0.717) is 24.0 Å². The molecule has 1 amide bonds. The van der Waals surface area contributed by atoms with Crippen LogP contribution in [-0.4, -0.2) is 33.3 Å². The molecular weight excluding hydrogens is 314 g/mol. The van der Waals surface area contributed by atoms with Crippen molar-refractivity contribution >= 4 is 22.6 Å². The average Bonchev–Trinajstić information content (AvgIpc) is 3.33. The van der Waals surface area contributed by atoms with E-state index >= 15 is 0 Å². The molecule has 128 valence electrons. The highest BCUT2D eigenvalue weighted by Crippen LogP contribution is 2.23. The lowest BCUT2D eigenvalue weighted by Crippen LogP contribution is -2.26. The van der Waals surface area contributed by atoms with E-state index in [4.69, 9.17) is 0 Å². The van der Waals surface area contributed by atoms with E-state index in [1.54, 1.807) is 0 Å². The Morgan fingerprint density at radius 2 is 2.16 bits per heavy atom. The molecule has 6 heteroatoms. The Morgan fingerprint density at radius 1 is 1.32 bits per heavy atom. The van der Waals surface area contributed by atoms with Crippen LogP contribution in [0.25, 0.3) is 10.9 Å². The largest absolute Gasteiger partial charge is 0.368 e. The fourth-order valence-corrected chi connectivity index (χ4v) is 2.83. The van der Waals surface area contributed by atoms with Gasteiger partial charge in [0, 0.05) is 24.2 Å². The molecule has 1 saturated carbocycles. The topological polar surface area (TPSA) is 71.8 Å². The summed E-state index contributed by atoms with van der Waals surface area (Å²) in [5, 5.41) is 11.5. The third-order valence-electron chi connectivity index (χ3n) is 4.28. The van der Waals surface area contributed by atoms with Gasteiger partial charge in [-0.05, 0) is 37.5 Å². The number of amides is 1. The first-order valence-electron chi connectivity index (χ1n) is 8.62. The molecule has 0 spiro atoms. The van der Waals surface area contributed by atoms with Crippen molar-refractivity contribution in [2.45, 2.75) is 32.4 Å². The SMILES string of the molecule is Cc1cnn(CCNc2cc(C(=O)NC3CC3)c3ccccc3n2)c1. The van der Waals surface area contributed by atoms with Gasteiger partial charge in [-0.2, -0.15) is 5.10 Å². The Kier molecular flexibility index (Phi) is 4.09. The summed E-state index contributed by atoms with van der Waals surface area (Å²) in [5.41, 5.74) is 2.64. The summed E-state index contributed by atoms with van der Waals surface area (Å²) >= 11 is 0. The van der Waals surface area contributed by atoms with Crippen LogP contribution in [0.2, 0.25) is 0 Å². The fourth-order valence-electron chi connectivity index (χ4n) is 2.83. The zero-order valence-corrected chi connectivity index (χ0v) is 14.2. The van der Waals surface area contributed by atoms with Gasteiger partial charge < -0.3 is 10.6 Å². The molecule has 0 bridgehead atoms. The highest BCUT2D eigenvalue weighted by atomic mass is 16.1. The van der Waals surface area contributed by atoms with Gasteiger partial charge in [0.05, 0.1) is 23.8 Å². The zero-order chi connectivity index (χ0) is 17.2. The monoisotopic (exact) mass is 335 g/mol. The van der Waals surface area contributed by atoms with Gasteiger partial charge in [-0.3, -0.25) is 9.48 Å². The molecule has 0 saturated heterocycles. The number of nitrogens with one attached hydrogen (secondary N) is 2. The van der Waals surface area contributed by atoms with Crippen LogP contribution in [-0.2, 0) is 6.54 Å². The summed E-state index contributed by atoms with van der Waals surface area (Å²) in [6, 6.07) is 9.93. The number of hydrogen-bond acceptors (Lipinski definition) is 4. The number of rotatable bonds is 6. The number of anilines is 1. The molecule has 1 fully saturated rings. The van der Waals surface area contributed by atoms with E-state index in [1.165, 1.54) is 0 Å². The van der Waals surface area contributed by atoms with Crippen LogP contribution in [0.4, 0.5) is 5.82 Å². The minimum absolute atomic E-state index is 0.0214. The second-order valence-electron chi connectivity index (χ2n) is 6.53. The molecule has 25 heavy (non-hydrogen) atoms. The Morgan fingerprint density at radius 3 is 2.92 bits per heavy atom. The fraction of sp³-hybridized carbons (Fsp3) is 0.316. The van der Waals surface area contributed by atoms with Gasteiger partial charge >= 0.3 is 0 Å². The zero-order valence-electron chi connectivity index (χ0n) is 14.2. The van der Waals surface area contributed by atoms with Crippen LogP contribution >= 0.6 is 0 Å². The van der Waals surface area contributed by atoms with E-state index in [1.807, 2.05) is 54.3 Å². The molecule has 6 nitrogen and oxygen atoms in total. The van der Waals surface area contributed by atoms with Gasteiger partial charge in [0.1, 0.15) is 5.82 Å². The highest BCUT2D eigenvalue weighted by Gasteiger charge is 2.24. The standard InChI is InChI=1S/C19H21N5O/c1-13-11-21-24(12-13)9-8-20-18-10-16(19(25)22-14-6-7-14)15-4-2-3-5-17(15)23-18/h2-5,10-12,14H,6-9H2,1H3,(H,20,23)(H,22,25). The lowest BCUT2D eigenvalue weighted by Gasteiger charge is -2.11. The Balaban J connectivity index is 1.54. The van der Waals surface area contributed by atoms with Crippen molar-refractivity contribution in [2.24, 2.45) is 0 Å². The summed E-state index contributed by atoms with van der Waals surface area (Å²) in [5.74, 6) is 0.690. The maximum atomic E-state index is 12.6. The van der Waals surface area contributed by atoms with Gasteiger partial charge in [0.2, 0.25) is 0 Å². The van der Waals surface area contributed by atoms with Crippen LogP contribution in [0.3, 0.4) is 0 Å². The first kappa shape index (κ1) is 15.6. The van der Waals surface area contributed by atoms with Crippen LogP contribution in [0.15, 0.2) is 42.7 Å². The summed E-state index contributed by atoms with van der Waals surface area (Å²) in [7, 11) is 0. The molecule has 2 N–H and O–H groups in total. The van der Waals surface area contributed by atoms with Crippen molar-refractivity contribution in [1.82, 2.24) is 20.1 Å². The van der Waals surface area contributed by atoms with Crippen molar-refractivity contribution in [1.29, 1.82) is 0 Å². The van der Waals surface area contributed by atoms with Gasteiger partial charge in [-0.25, -0.2) is 4.98 Å². The Hall–Kier alpha value is -2.89. The maximum Gasteiger partial charge on any atom is 0.252 e. The molecule has 2 heterocycles. The van der Waals surface area contributed by atoms with Crippen molar-refractivity contribution < 1.29 is 4.79 Å². The van der Waals surface area contributed by atoms with Crippen molar-refractivity contribution in [2.75, 3.05) is 11.9 Å². The van der Waals surface area contributed by atoms with Crippen molar-refractivity contribution in [3.63, 3.8) is 0 Å². The van der Waals surface area contributed by atoms with Crippen LogP contribution in [0.1, 0.15) is 28.8 Å². The predicted molar refractivity (Wildman–Crippen MR) is 97.7 cm³/mol. The van der Waals surface area contributed by atoms with E-state index in [9.17, 15) is 4.79 Å². The number of para-hydroxylation sites is 1. The molecule has 1 aliphatic rings. The number of hydrogen-bond donors (Lipinski definition) is 2. The number of aromatic nitrogens is 3. The second-order valence-corrected chi connectivity index (χ2v) is 6.53. The number of nitrogens with zero attached hydrogens (tertiary/aromatic N) is 3. The van der Waals surface area contributed by atoms with E-state index in [2.05, 4.69) is 20.7 Å². The lowest BCUT2D eigenvalue weighted by molar-refractivity contribution is 0.0952. The molecule has 2 aromatic heterocycles. The normalized spacial score (nSPS) is 13.8. The number of carbonyl (C=O) groups excluding carboxylic acids is 1. The molecule has 0 unspecified atom stereocenters. The van der Waals surface area contributed by atoms with Gasteiger partial charge in [0.25, 0.3) is 5.91 Å². The predicted octanol–water partition coefficient (Wildman–Crippen LogP) is 2.74. The minimum atomic E-state index is -0.0214. The van der Waals surface area contributed by atoms with E-state index in [-0.39, 0.29) is 5.91 Å². The third-order valence-corrected chi connectivity index (χ3v) is 4.28. The van der Waals surface area contributed by atoms with Crippen LogP contribution < -0.4 is 10.6 Å². The second kappa shape index (κ2) is 6.55. The number of fused-ring (bicyclic) bond motifs is 1. The number of aryl methyl sites for hydroxylation is 1. The Bertz CT molecular complexity index is 913. The van der Waals surface area contributed by atoms with Crippen LogP contribution in [0.5, 0.6) is 0 Å². The summed E-state index contributed by atoms with van der Waals surface area (Å²) in [6.45, 7) is 3.45. The van der Waals surface area contributed by atoms with Gasteiger partial charge in [-0.15, -0.1) is 0 Å². The smallest absolute Gasteiger partial charge is 0.252 e. The molecule has 1 aromatic carbocycles. The summed E-state index contributed by atoms with van der Waals surface area (Å²) < 4.78 is 1.89. The highest BCUT2D eigenvalue weighted by molar-refractivity contribution is 6.07. The quantitative estimate of drug-likeness (QED) is 0.726. The first-order valence-corrected chi connectivity index (χ1v) is 8.62. The lowest BCUT2D eigenvalue weighted by atomic mass is 10.1. The molecule has 1 aliphatic carbocycles. The molecule has 4 rings (SSSR count). The maximum absolute atomic E-state index is 12.6.